The lowest BCUT2D eigenvalue weighted by Gasteiger charge is -2.16. The molecule has 8 heteroatoms. The number of nitrogens with zero attached hydrogens (tertiary/aromatic N) is 2. The zero-order valence-electron chi connectivity index (χ0n) is 19.9. The molecule has 8 nitrogen and oxygen atoms in total. The number of rotatable bonds is 6. The smallest absolute Gasteiger partial charge is 0.270 e. The Morgan fingerprint density at radius 3 is 2.53 bits per heavy atom. The fourth-order valence-electron chi connectivity index (χ4n) is 4.89. The van der Waals surface area contributed by atoms with Crippen molar-refractivity contribution >= 4 is 40.1 Å². The van der Waals surface area contributed by atoms with E-state index in [4.69, 9.17) is 0 Å². The number of likely N-dealkylation sites (tertiary alicyclic amines) is 1. The monoisotopic (exact) mass is 482 g/mol. The first-order valence-electron chi connectivity index (χ1n) is 11.9. The SMILES string of the molecule is CC(=O)N1CCC(Cc2ccc(N/C(=C3\C(=O)Nc4ccc([N+](=O)[O-])cc43)c3ccccc3)cc2)C1. The van der Waals surface area contributed by atoms with Gasteiger partial charge in [0.2, 0.25) is 5.91 Å². The average Bonchev–Trinajstić information content (AvgIpc) is 3.47. The van der Waals surface area contributed by atoms with Crippen LogP contribution in [0.15, 0.2) is 72.8 Å². The van der Waals surface area contributed by atoms with E-state index in [1.54, 1.807) is 13.0 Å². The summed E-state index contributed by atoms with van der Waals surface area (Å²) in [5.74, 6) is 0.260. The summed E-state index contributed by atoms with van der Waals surface area (Å²) in [6.07, 6.45) is 1.90. The summed E-state index contributed by atoms with van der Waals surface area (Å²) in [7, 11) is 0. The Bertz CT molecular complexity index is 1370. The topological polar surface area (TPSA) is 105 Å². The molecule has 36 heavy (non-hydrogen) atoms. The average molecular weight is 483 g/mol. The van der Waals surface area contributed by atoms with Gasteiger partial charge in [0.05, 0.1) is 16.2 Å². The molecule has 2 N–H and O–H groups in total. The molecule has 0 aliphatic carbocycles. The first kappa shape index (κ1) is 23.3. The second-order valence-corrected chi connectivity index (χ2v) is 9.20. The molecule has 2 aliphatic heterocycles. The number of nitrogens with one attached hydrogen (secondary N) is 2. The Morgan fingerprint density at radius 1 is 1.11 bits per heavy atom. The molecule has 2 heterocycles. The van der Waals surface area contributed by atoms with E-state index in [1.807, 2.05) is 47.4 Å². The third-order valence-corrected chi connectivity index (χ3v) is 6.75. The van der Waals surface area contributed by atoms with Crippen LogP contribution in [0.5, 0.6) is 0 Å². The zero-order valence-corrected chi connectivity index (χ0v) is 19.9. The fourth-order valence-corrected chi connectivity index (χ4v) is 4.89. The van der Waals surface area contributed by atoms with Gasteiger partial charge in [0.1, 0.15) is 0 Å². The molecule has 1 saturated heterocycles. The minimum atomic E-state index is -0.463. The number of amides is 2. The molecule has 0 saturated carbocycles. The predicted molar refractivity (Wildman–Crippen MR) is 139 cm³/mol. The normalized spacial score (nSPS) is 18.0. The summed E-state index contributed by atoms with van der Waals surface area (Å²) in [6, 6.07) is 21.9. The third-order valence-electron chi connectivity index (χ3n) is 6.75. The largest absolute Gasteiger partial charge is 0.354 e. The summed E-state index contributed by atoms with van der Waals surface area (Å²) in [4.78, 5) is 37.5. The molecule has 1 atom stereocenters. The van der Waals surface area contributed by atoms with Crippen molar-refractivity contribution in [2.24, 2.45) is 5.92 Å². The molecule has 2 amide bonds. The van der Waals surface area contributed by atoms with Crippen LogP contribution >= 0.6 is 0 Å². The number of hydrogen-bond acceptors (Lipinski definition) is 5. The van der Waals surface area contributed by atoms with Gasteiger partial charge < -0.3 is 15.5 Å². The third kappa shape index (κ3) is 4.70. The van der Waals surface area contributed by atoms with Gasteiger partial charge in [0, 0.05) is 49.1 Å². The highest BCUT2D eigenvalue weighted by Crippen LogP contribution is 2.39. The van der Waals surface area contributed by atoms with Gasteiger partial charge in [-0.25, -0.2) is 0 Å². The van der Waals surface area contributed by atoms with E-state index in [-0.39, 0.29) is 17.5 Å². The molecule has 0 aromatic heterocycles. The predicted octanol–water partition coefficient (Wildman–Crippen LogP) is 4.94. The van der Waals surface area contributed by atoms with Gasteiger partial charge in [-0.1, -0.05) is 42.5 Å². The summed E-state index contributed by atoms with van der Waals surface area (Å²) < 4.78 is 0. The summed E-state index contributed by atoms with van der Waals surface area (Å²) in [6.45, 7) is 3.22. The first-order chi connectivity index (χ1) is 17.4. The van der Waals surface area contributed by atoms with Crippen LogP contribution in [0.1, 0.15) is 30.0 Å². The Balaban J connectivity index is 1.45. The highest BCUT2D eigenvalue weighted by molar-refractivity contribution is 6.37. The number of hydrogen-bond donors (Lipinski definition) is 2. The molecular formula is C28H26N4O4. The second-order valence-electron chi connectivity index (χ2n) is 9.20. The Labute approximate surface area is 208 Å². The second kappa shape index (κ2) is 9.65. The van der Waals surface area contributed by atoms with Crippen LogP contribution in [-0.2, 0) is 16.0 Å². The summed E-state index contributed by atoms with van der Waals surface area (Å²) >= 11 is 0. The molecule has 3 aromatic carbocycles. The molecule has 182 valence electrons. The zero-order chi connectivity index (χ0) is 25.2. The van der Waals surface area contributed by atoms with E-state index in [2.05, 4.69) is 22.8 Å². The number of fused-ring (bicyclic) bond motifs is 1. The quantitative estimate of drug-likeness (QED) is 0.294. The first-order valence-corrected chi connectivity index (χ1v) is 11.9. The van der Waals surface area contributed by atoms with Crippen molar-refractivity contribution < 1.29 is 14.5 Å². The van der Waals surface area contributed by atoms with Crippen LogP contribution in [0.4, 0.5) is 17.1 Å². The number of carbonyl (C=O) groups is 2. The maximum Gasteiger partial charge on any atom is 0.270 e. The standard InChI is InChI=1S/C28H26N4O4/c1-18(33)31-14-13-20(17-31)15-19-7-9-22(10-8-19)29-27(21-5-3-2-4-6-21)26-24-16-23(32(35)36)11-12-25(24)30-28(26)34/h2-12,16,20,29H,13-15,17H2,1H3,(H,30,34)/b27-26-. The summed E-state index contributed by atoms with van der Waals surface area (Å²) in [5.41, 5.74) is 4.68. The van der Waals surface area contributed by atoms with Gasteiger partial charge in [-0.15, -0.1) is 0 Å². The Hall–Kier alpha value is -4.46. The van der Waals surface area contributed by atoms with Crippen LogP contribution in [-0.4, -0.2) is 34.7 Å². The van der Waals surface area contributed by atoms with Crippen molar-refractivity contribution in [3.63, 3.8) is 0 Å². The molecule has 2 aliphatic rings. The highest BCUT2D eigenvalue weighted by Gasteiger charge is 2.30. The van der Waals surface area contributed by atoms with Crippen molar-refractivity contribution in [3.8, 4) is 0 Å². The van der Waals surface area contributed by atoms with Crippen LogP contribution in [0, 0.1) is 16.0 Å². The van der Waals surface area contributed by atoms with Gasteiger partial charge in [-0.05, 0) is 48.1 Å². The van der Waals surface area contributed by atoms with Crippen LogP contribution in [0.2, 0.25) is 0 Å². The van der Waals surface area contributed by atoms with Crippen LogP contribution in [0.3, 0.4) is 0 Å². The molecule has 0 radical (unpaired) electrons. The lowest BCUT2D eigenvalue weighted by molar-refractivity contribution is -0.384. The minimum absolute atomic E-state index is 0.0743. The van der Waals surface area contributed by atoms with Crippen molar-refractivity contribution in [3.05, 3.63) is 99.6 Å². The van der Waals surface area contributed by atoms with E-state index in [0.29, 0.717) is 28.4 Å². The number of benzene rings is 3. The summed E-state index contributed by atoms with van der Waals surface area (Å²) in [5, 5.41) is 17.6. The van der Waals surface area contributed by atoms with Crippen LogP contribution < -0.4 is 10.6 Å². The molecule has 0 spiro atoms. The van der Waals surface area contributed by atoms with E-state index >= 15 is 0 Å². The lowest BCUT2D eigenvalue weighted by atomic mass is 9.98. The van der Waals surface area contributed by atoms with Gasteiger partial charge in [0.25, 0.3) is 11.6 Å². The van der Waals surface area contributed by atoms with E-state index in [0.717, 1.165) is 37.2 Å². The van der Waals surface area contributed by atoms with Crippen molar-refractivity contribution in [2.45, 2.75) is 19.8 Å². The van der Waals surface area contributed by atoms with E-state index in [1.165, 1.54) is 17.7 Å². The molecule has 0 bridgehead atoms. The van der Waals surface area contributed by atoms with Crippen molar-refractivity contribution in [1.29, 1.82) is 0 Å². The van der Waals surface area contributed by atoms with Gasteiger partial charge in [-0.2, -0.15) is 0 Å². The Kier molecular flexibility index (Phi) is 6.25. The fraction of sp³-hybridized carbons (Fsp3) is 0.214. The van der Waals surface area contributed by atoms with Crippen LogP contribution in [0.25, 0.3) is 11.3 Å². The number of carbonyl (C=O) groups excluding carboxylic acids is 2. The maximum atomic E-state index is 13.0. The number of nitro benzene ring substituents is 1. The molecule has 1 unspecified atom stereocenters. The number of nitro groups is 1. The van der Waals surface area contributed by atoms with Gasteiger partial charge in [-0.3, -0.25) is 19.7 Å². The molecule has 3 aromatic rings. The van der Waals surface area contributed by atoms with Gasteiger partial charge >= 0.3 is 0 Å². The number of non-ortho nitro benzene ring substituents is 1. The molecule has 1 fully saturated rings. The minimum Gasteiger partial charge on any atom is -0.354 e. The van der Waals surface area contributed by atoms with Crippen molar-refractivity contribution in [1.82, 2.24) is 4.90 Å². The maximum absolute atomic E-state index is 13.0. The Morgan fingerprint density at radius 2 is 1.86 bits per heavy atom. The molecule has 5 rings (SSSR count). The number of anilines is 2. The van der Waals surface area contributed by atoms with E-state index in [9.17, 15) is 19.7 Å². The van der Waals surface area contributed by atoms with Crippen molar-refractivity contribution in [2.75, 3.05) is 23.7 Å². The van der Waals surface area contributed by atoms with E-state index < -0.39 is 4.92 Å². The lowest BCUT2D eigenvalue weighted by Crippen LogP contribution is -2.26. The molecular weight excluding hydrogens is 456 g/mol. The van der Waals surface area contributed by atoms with Gasteiger partial charge in [0.15, 0.2) is 0 Å². The highest BCUT2D eigenvalue weighted by atomic mass is 16.6.